The molecular formula is C12H14BrN3OS. The van der Waals surface area contributed by atoms with Crippen LogP contribution < -0.4 is 11.1 Å². The van der Waals surface area contributed by atoms with Crippen molar-refractivity contribution in [2.75, 3.05) is 11.9 Å². The lowest BCUT2D eigenvalue weighted by atomic mass is 9.93. The highest BCUT2D eigenvalue weighted by Crippen LogP contribution is 2.28. The average molecular weight is 328 g/mol. The van der Waals surface area contributed by atoms with Gasteiger partial charge in [-0.25, -0.2) is 4.98 Å². The molecule has 6 heteroatoms. The molecule has 0 radical (unpaired) electrons. The van der Waals surface area contributed by atoms with Crippen LogP contribution in [0.25, 0.3) is 10.2 Å². The molecule has 2 aromatic rings. The van der Waals surface area contributed by atoms with Crippen LogP contribution in [-0.2, 0) is 4.79 Å². The van der Waals surface area contributed by atoms with Crippen LogP contribution in [0.2, 0.25) is 0 Å². The van der Waals surface area contributed by atoms with Crippen LogP contribution in [0.15, 0.2) is 22.7 Å². The molecule has 96 valence electrons. The number of benzene rings is 1. The van der Waals surface area contributed by atoms with Crippen LogP contribution >= 0.6 is 27.3 Å². The maximum absolute atomic E-state index is 11.2. The minimum absolute atomic E-state index is 0.321. The number of hydrogen-bond donors (Lipinski definition) is 2. The van der Waals surface area contributed by atoms with E-state index >= 15 is 0 Å². The summed E-state index contributed by atoms with van der Waals surface area (Å²) < 4.78 is 2.11. The zero-order valence-electron chi connectivity index (χ0n) is 10.2. The minimum atomic E-state index is -0.585. The summed E-state index contributed by atoms with van der Waals surface area (Å²) in [5.74, 6) is -0.321. The Labute approximate surface area is 118 Å². The summed E-state index contributed by atoms with van der Waals surface area (Å²) in [6.07, 6.45) is 0. The van der Waals surface area contributed by atoms with E-state index < -0.39 is 5.41 Å². The molecule has 2 rings (SSSR count). The summed E-state index contributed by atoms with van der Waals surface area (Å²) in [6, 6.07) is 5.97. The van der Waals surface area contributed by atoms with Gasteiger partial charge in [0.2, 0.25) is 5.91 Å². The van der Waals surface area contributed by atoms with Crippen LogP contribution in [-0.4, -0.2) is 17.4 Å². The molecule has 0 atom stereocenters. The first-order valence-corrected chi connectivity index (χ1v) is 7.09. The molecule has 18 heavy (non-hydrogen) atoms. The van der Waals surface area contributed by atoms with Crippen LogP contribution in [0.4, 0.5) is 5.13 Å². The van der Waals surface area contributed by atoms with Crippen molar-refractivity contribution in [2.24, 2.45) is 11.1 Å². The molecule has 1 aromatic carbocycles. The van der Waals surface area contributed by atoms with Crippen molar-refractivity contribution in [1.29, 1.82) is 0 Å². The van der Waals surface area contributed by atoms with Gasteiger partial charge in [-0.1, -0.05) is 27.3 Å². The number of carbonyl (C=O) groups is 1. The first kappa shape index (κ1) is 13.3. The molecule has 0 aliphatic rings. The SMILES string of the molecule is CC(C)(CNc1nc2cc(Br)ccc2s1)C(N)=O. The number of amides is 1. The van der Waals surface area contributed by atoms with Gasteiger partial charge < -0.3 is 11.1 Å². The Morgan fingerprint density at radius 3 is 2.94 bits per heavy atom. The van der Waals surface area contributed by atoms with Gasteiger partial charge in [0.1, 0.15) is 0 Å². The van der Waals surface area contributed by atoms with Crippen LogP contribution in [0, 0.1) is 5.41 Å². The molecule has 0 saturated carbocycles. The summed E-state index contributed by atoms with van der Waals surface area (Å²) in [7, 11) is 0. The van der Waals surface area contributed by atoms with Crippen LogP contribution in [0.5, 0.6) is 0 Å². The van der Waals surface area contributed by atoms with Crippen molar-refractivity contribution in [1.82, 2.24) is 4.98 Å². The van der Waals surface area contributed by atoms with Crippen molar-refractivity contribution < 1.29 is 4.79 Å². The largest absolute Gasteiger partial charge is 0.369 e. The molecule has 1 heterocycles. The third kappa shape index (κ3) is 2.81. The second kappa shape index (κ2) is 4.85. The van der Waals surface area contributed by atoms with Gasteiger partial charge in [0, 0.05) is 11.0 Å². The smallest absolute Gasteiger partial charge is 0.224 e. The molecule has 0 aliphatic heterocycles. The first-order valence-electron chi connectivity index (χ1n) is 5.48. The Kier molecular flexibility index (Phi) is 3.59. The van der Waals surface area contributed by atoms with E-state index in [1.54, 1.807) is 11.3 Å². The number of primary amides is 1. The number of hydrogen-bond acceptors (Lipinski definition) is 4. The predicted molar refractivity (Wildman–Crippen MR) is 78.8 cm³/mol. The highest BCUT2D eigenvalue weighted by molar-refractivity contribution is 9.10. The van der Waals surface area contributed by atoms with Crippen molar-refractivity contribution >= 4 is 48.5 Å². The Hall–Kier alpha value is -1.14. The number of nitrogens with two attached hydrogens (primary N) is 1. The van der Waals surface area contributed by atoms with Gasteiger partial charge in [-0.3, -0.25) is 4.79 Å². The van der Waals surface area contributed by atoms with Crippen LogP contribution in [0.1, 0.15) is 13.8 Å². The van der Waals surface area contributed by atoms with Crippen molar-refractivity contribution in [3.8, 4) is 0 Å². The monoisotopic (exact) mass is 327 g/mol. The number of rotatable bonds is 4. The maximum atomic E-state index is 11.2. The van der Waals surface area contributed by atoms with Gasteiger partial charge >= 0.3 is 0 Å². The maximum Gasteiger partial charge on any atom is 0.224 e. The number of thiazole rings is 1. The third-order valence-electron chi connectivity index (χ3n) is 2.70. The summed E-state index contributed by atoms with van der Waals surface area (Å²) in [6.45, 7) is 4.10. The van der Waals surface area contributed by atoms with Gasteiger partial charge in [0.05, 0.1) is 15.6 Å². The third-order valence-corrected chi connectivity index (χ3v) is 4.19. The topological polar surface area (TPSA) is 68.0 Å². The van der Waals surface area contributed by atoms with Gasteiger partial charge in [-0.15, -0.1) is 0 Å². The number of carbonyl (C=O) groups excluding carboxylic acids is 1. The summed E-state index contributed by atoms with van der Waals surface area (Å²) in [4.78, 5) is 15.7. The molecule has 0 saturated heterocycles. The second-order valence-electron chi connectivity index (χ2n) is 4.73. The fourth-order valence-electron chi connectivity index (χ4n) is 1.36. The van der Waals surface area contributed by atoms with Crippen molar-refractivity contribution in [2.45, 2.75) is 13.8 Å². The number of aromatic nitrogens is 1. The van der Waals surface area contributed by atoms with E-state index in [0.717, 1.165) is 19.8 Å². The average Bonchev–Trinajstić information content (AvgIpc) is 2.68. The van der Waals surface area contributed by atoms with E-state index in [-0.39, 0.29) is 5.91 Å². The second-order valence-corrected chi connectivity index (χ2v) is 6.68. The molecule has 0 unspecified atom stereocenters. The molecule has 1 aromatic heterocycles. The minimum Gasteiger partial charge on any atom is -0.369 e. The molecule has 0 aliphatic carbocycles. The van der Waals surface area contributed by atoms with E-state index in [1.165, 1.54) is 0 Å². The summed E-state index contributed by atoms with van der Waals surface area (Å²) in [5.41, 5.74) is 5.68. The van der Waals surface area contributed by atoms with Gasteiger partial charge in [-0.2, -0.15) is 0 Å². The number of anilines is 1. The normalized spacial score (nSPS) is 11.7. The molecule has 0 bridgehead atoms. The zero-order chi connectivity index (χ0) is 13.3. The Morgan fingerprint density at radius 1 is 1.56 bits per heavy atom. The standard InChI is InChI=1S/C12H14BrN3OS/c1-12(2,10(14)17)6-15-11-16-8-5-7(13)3-4-9(8)18-11/h3-5H,6H2,1-2H3,(H2,14,17)(H,15,16). The van der Waals surface area contributed by atoms with E-state index in [2.05, 4.69) is 26.2 Å². The fraction of sp³-hybridized carbons (Fsp3) is 0.333. The lowest BCUT2D eigenvalue weighted by Crippen LogP contribution is -2.37. The quantitative estimate of drug-likeness (QED) is 0.907. The van der Waals surface area contributed by atoms with E-state index in [9.17, 15) is 4.79 Å². The number of halogens is 1. The predicted octanol–water partition coefficient (Wildman–Crippen LogP) is 2.98. The Bertz CT molecular complexity index is 594. The highest BCUT2D eigenvalue weighted by atomic mass is 79.9. The van der Waals surface area contributed by atoms with Crippen molar-refractivity contribution in [3.05, 3.63) is 22.7 Å². The number of fused-ring (bicyclic) bond motifs is 1. The lowest BCUT2D eigenvalue weighted by molar-refractivity contribution is -0.125. The molecule has 1 amide bonds. The lowest BCUT2D eigenvalue weighted by Gasteiger charge is -2.20. The summed E-state index contributed by atoms with van der Waals surface area (Å²) in [5, 5.41) is 3.97. The molecule has 3 N–H and O–H groups in total. The number of nitrogens with one attached hydrogen (secondary N) is 1. The highest BCUT2D eigenvalue weighted by Gasteiger charge is 2.24. The van der Waals surface area contributed by atoms with E-state index in [4.69, 9.17) is 5.73 Å². The van der Waals surface area contributed by atoms with E-state index in [0.29, 0.717) is 6.54 Å². The van der Waals surface area contributed by atoms with Gasteiger partial charge in [0.15, 0.2) is 5.13 Å². The fourth-order valence-corrected chi connectivity index (χ4v) is 2.55. The van der Waals surface area contributed by atoms with Crippen molar-refractivity contribution in [3.63, 3.8) is 0 Å². The molecule has 4 nitrogen and oxygen atoms in total. The molecule has 0 spiro atoms. The Morgan fingerprint density at radius 2 is 2.28 bits per heavy atom. The van der Waals surface area contributed by atoms with E-state index in [1.807, 2.05) is 32.0 Å². The summed E-state index contributed by atoms with van der Waals surface area (Å²) >= 11 is 4.98. The molecular weight excluding hydrogens is 314 g/mol. The zero-order valence-corrected chi connectivity index (χ0v) is 12.6. The first-order chi connectivity index (χ1) is 8.38. The van der Waals surface area contributed by atoms with Gasteiger partial charge in [0.25, 0.3) is 0 Å². The Balaban J connectivity index is 2.15. The number of nitrogens with zero attached hydrogens (tertiary/aromatic N) is 1. The van der Waals surface area contributed by atoms with Crippen LogP contribution in [0.3, 0.4) is 0 Å². The molecule has 0 fully saturated rings. The van der Waals surface area contributed by atoms with Gasteiger partial charge in [-0.05, 0) is 32.0 Å².